The van der Waals surface area contributed by atoms with Crippen LogP contribution in [0.2, 0.25) is 0 Å². The monoisotopic (exact) mass is 1110 g/mol. The van der Waals surface area contributed by atoms with Gasteiger partial charge in [-0.1, -0.05) is 146 Å². The zero-order valence-corrected chi connectivity index (χ0v) is 47.9. The summed E-state index contributed by atoms with van der Waals surface area (Å²) in [5, 5.41) is 2.08. The van der Waals surface area contributed by atoms with Crippen LogP contribution in [0.25, 0.3) is 21.8 Å². The molecule has 0 radical (unpaired) electrons. The van der Waals surface area contributed by atoms with Crippen LogP contribution in [-0.4, -0.2) is 16.0 Å². The molecular formula is C78H64N8. The maximum Gasteiger partial charge on any atom is 0.0966 e. The Kier molecular flexibility index (Phi) is 14.0. The third-order valence-corrected chi connectivity index (χ3v) is 16.9. The second-order valence-corrected chi connectivity index (χ2v) is 22.4. The summed E-state index contributed by atoms with van der Waals surface area (Å²) < 4.78 is 0. The lowest BCUT2D eigenvalue weighted by Crippen LogP contribution is -2.37. The minimum atomic E-state index is 0.0105. The standard InChI is InChI=1S/C78H64N8/c1-6-24-59(25-7-1)81-64-34-16-36-66(50-64)82(60-26-8-2-9-27-60)68-38-18-40-70(52-68)84(62-30-12-4-13-31-62)72-42-20-44-74(54-72)86(76-49-58-47-46-57-23-22-48-79-77(57)78(58)80-56-76)75-45-21-43-73(55-75)85(63-32-14-5-15-33-63)71-41-19-39-69(53-71)83(61-28-10-3-11-29-61)67-37-17-35-65(81)51-67/h2-6,8-17,20-38,41-50,52-56,65H,1,7,18-19,39-40,51H2. The maximum absolute atomic E-state index is 5.25. The van der Waals surface area contributed by atoms with E-state index in [4.69, 9.17) is 9.97 Å². The van der Waals surface area contributed by atoms with Gasteiger partial charge in [-0.25, -0.2) is 0 Å². The molecule has 0 fully saturated rings. The zero-order valence-electron chi connectivity index (χ0n) is 47.9. The van der Waals surface area contributed by atoms with Gasteiger partial charge in [0.25, 0.3) is 0 Å². The first-order valence-corrected chi connectivity index (χ1v) is 30.1. The second kappa shape index (κ2) is 23.2. The molecule has 1 aliphatic heterocycles. The number of aromatic nitrogens is 2. The van der Waals surface area contributed by atoms with E-state index >= 15 is 0 Å². The van der Waals surface area contributed by atoms with E-state index in [1.807, 2.05) is 18.5 Å². The lowest BCUT2D eigenvalue weighted by Gasteiger charge is -2.40. The van der Waals surface area contributed by atoms with Crippen LogP contribution in [0.3, 0.4) is 0 Å². The minimum absolute atomic E-state index is 0.0105. The molecule has 15 rings (SSSR count). The maximum atomic E-state index is 5.25. The molecular weight excluding hydrogens is 1050 g/mol. The van der Waals surface area contributed by atoms with E-state index in [1.54, 1.807) is 0 Å². The van der Waals surface area contributed by atoms with E-state index in [0.717, 1.165) is 141 Å². The van der Waals surface area contributed by atoms with Gasteiger partial charge in [0.05, 0.1) is 29.0 Å². The van der Waals surface area contributed by atoms with E-state index in [2.05, 4.69) is 309 Å². The number of pyridine rings is 2. The van der Waals surface area contributed by atoms with Crippen molar-refractivity contribution in [3.05, 3.63) is 332 Å². The largest absolute Gasteiger partial charge is 0.334 e. The molecule has 86 heavy (non-hydrogen) atoms. The first-order chi connectivity index (χ1) is 42.6. The number of rotatable bonds is 6. The molecule has 0 spiro atoms. The predicted octanol–water partition coefficient (Wildman–Crippen LogP) is 20.3. The third-order valence-electron chi connectivity index (χ3n) is 16.9. The van der Waals surface area contributed by atoms with E-state index in [9.17, 15) is 0 Å². The molecule has 0 saturated carbocycles. The molecule has 1 unspecified atom stereocenters. The Bertz CT molecular complexity index is 4420. The van der Waals surface area contributed by atoms with Crippen LogP contribution < -0.4 is 29.4 Å². The molecule has 0 saturated heterocycles. The zero-order chi connectivity index (χ0) is 57.2. The highest BCUT2D eigenvalue weighted by Crippen LogP contribution is 2.46. The van der Waals surface area contributed by atoms with Crippen LogP contribution in [-0.2, 0) is 0 Å². The van der Waals surface area contributed by atoms with E-state index in [0.29, 0.717) is 0 Å². The average molecular weight is 1110 g/mol. The van der Waals surface area contributed by atoms with Crippen LogP contribution in [0.4, 0.5) is 62.6 Å². The number of benzene rings is 8. The van der Waals surface area contributed by atoms with Gasteiger partial charge in [-0.05, 0) is 178 Å². The van der Waals surface area contributed by atoms with Crippen LogP contribution in [0, 0.1) is 0 Å². The Morgan fingerprint density at radius 2 is 0.837 bits per heavy atom. The quantitative estimate of drug-likeness (QED) is 0.153. The highest BCUT2D eigenvalue weighted by Gasteiger charge is 2.31. The summed E-state index contributed by atoms with van der Waals surface area (Å²) in [5.41, 5.74) is 20.5. The molecule has 5 aliphatic rings. The topological polar surface area (TPSA) is 45.2 Å². The molecule has 2 aromatic heterocycles. The van der Waals surface area contributed by atoms with Crippen molar-refractivity contribution in [2.75, 3.05) is 29.4 Å². The number of hydrogen-bond acceptors (Lipinski definition) is 8. The Hall–Kier alpha value is -10.7. The molecule has 1 atom stereocenters. The van der Waals surface area contributed by atoms with E-state index in [-0.39, 0.29) is 6.04 Å². The van der Waals surface area contributed by atoms with Crippen LogP contribution in [0.1, 0.15) is 44.9 Å². The fraction of sp³-hybridized carbons (Fsp3) is 0.103. The van der Waals surface area contributed by atoms with Gasteiger partial charge in [0.1, 0.15) is 0 Å². The Morgan fingerprint density at radius 1 is 0.349 bits per heavy atom. The lowest BCUT2D eigenvalue weighted by molar-refractivity contribution is 0.710. The lowest BCUT2D eigenvalue weighted by atomic mass is 9.97. The smallest absolute Gasteiger partial charge is 0.0966 e. The van der Waals surface area contributed by atoms with Crippen molar-refractivity contribution in [1.82, 2.24) is 9.97 Å². The summed E-state index contributed by atoms with van der Waals surface area (Å²) in [4.78, 5) is 24.9. The average Bonchev–Trinajstić information content (AvgIpc) is 2.05. The number of fused-ring (bicyclic) bond motifs is 13. The fourth-order valence-electron chi connectivity index (χ4n) is 13.1. The first kappa shape index (κ1) is 52.1. The van der Waals surface area contributed by atoms with Crippen LogP contribution >= 0.6 is 0 Å². The second-order valence-electron chi connectivity index (χ2n) is 22.4. The highest BCUT2D eigenvalue weighted by atomic mass is 15.2. The molecule has 10 aromatic rings. The van der Waals surface area contributed by atoms with Gasteiger partial charge in [-0.3, -0.25) is 9.97 Å². The third kappa shape index (κ3) is 10.1. The van der Waals surface area contributed by atoms with Crippen molar-refractivity contribution in [2.45, 2.75) is 51.0 Å². The van der Waals surface area contributed by atoms with Gasteiger partial charge in [-0.2, -0.15) is 0 Å². The van der Waals surface area contributed by atoms with Crippen molar-refractivity contribution in [1.29, 1.82) is 0 Å². The molecule has 416 valence electrons. The molecule has 8 heteroatoms. The van der Waals surface area contributed by atoms with Crippen LogP contribution in [0.15, 0.2) is 332 Å². The normalized spacial score (nSPS) is 17.0. The summed E-state index contributed by atoms with van der Waals surface area (Å²) in [6.45, 7) is 0. The summed E-state index contributed by atoms with van der Waals surface area (Å²) >= 11 is 0. The minimum Gasteiger partial charge on any atom is -0.334 e. The van der Waals surface area contributed by atoms with Crippen molar-refractivity contribution < 1.29 is 0 Å². The van der Waals surface area contributed by atoms with Crippen molar-refractivity contribution >= 4 is 84.4 Å². The van der Waals surface area contributed by atoms with Gasteiger partial charge in [-0.15, -0.1) is 0 Å². The van der Waals surface area contributed by atoms with Gasteiger partial charge in [0.2, 0.25) is 0 Å². The Morgan fingerprint density at radius 3 is 1.43 bits per heavy atom. The summed E-state index contributed by atoms with van der Waals surface area (Å²) in [6.07, 6.45) is 33.9. The highest BCUT2D eigenvalue weighted by molar-refractivity contribution is 6.04. The Labute approximate surface area is 503 Å². The van der Waals surface area contributed by atoms with Crippen molar-refractivity contribution in [2.24, 2.45) is 0 Å². The van der Waals surface area contributed by atoms with Gasteiger partial charge < -0.3 is 29.4 Å². The van der Waals surface area contributed by atoms with Gasteiger partial charge >= 0.3 is 0 Å². The van der Waals surface area contributed by atoms with E-state index < -0.39 is 0 Å². The summed E-state index contributed by atoms with van der Waals surface area (Å²) in [7, 11) is 0. The fourth-order valence-corrected chi connectivity index (χ4v) is 13.1. The number of anilines is 11. The summed E-state index contributed by atoms with van der Waals surface area (Å²) in [5.74, 6) is 0. The summed E-state index contributed by atoms with van der Waals surface area (Å²) in [6, 6.07) is 81.5. The number of para-hydroxylation sites is 4. The first-order valence-electron chi connectivity index (χ1n) is 30.1. The number of allylic oxidation sites excluding steroid dienone is 11. The molecule has 8 nitrogen and oxygen atoms in total. The molecule has 12 bridgehead atoms. The number of hydrogen-bond donors (Lipinski definition) is 0. The van der Waals surface area contributed by atoms with E-state index in [1.165, 1.54) is 22.8 Å². The molecule has 4 aliphatic carbocycles. The van der Waals surface area contributed by atoms with Crippen molar-refractivity contribution in [3.8, 4) is 0 Å². The van der Waals surface area contributed by atoms with Crippen LogP contribution in [0.5, 0.6) is 0 Å². The molecule has 3 heterocycles. The Balaban J connectivity index is 0.967. The van der Waals surface area contributed by atoms with Gasteiger partial charge in [0.15, 0.2) is 0 Å². The SMILES string of the molecule is C1=CC2CC(=C1)N(c1ccccc1)C1=CC(=CCC1)N(c1ccccc1)c1cccc(c1)N(c1cnc3c(ccc4cccnc43)c1)c1cccc(c1)N(c1ccccc1)C1=CC(=CCC1)N(c1ccccc1)c1cccc(c1)N2C1=CCCC=C1. The van der Waals surface area contributed by atoms with Gasteiger partial charge in [0, 0.05) is 114 Å². The number of nitrogens with zero attached hydrogens (tertiary/aromatic N) is 8. The van der Waals surface area contributed by atoms with Crippen molar-refractivity contribution in [3.63, 3.8) is 0 Å². The molecule has 0 amide bonds. The predicted molar refractivity (Wildman–Crippen MR) is 358 cm³/mol. The molecule has 8 aromatic carbocycles. The molecule has 0 N–H and O–H groups in total.